The van der Waals surface area contributed by atoms with Crippen molar-refractivity contribution < 1.29 is 4.79 Å². The summed E-state index contributed by atoms with van der Waals surface area (Å²) in [5.74, 6) is 0.649. The number of benzene rings is 1. The summed E-state index contributed by atoms with van der Waals surface area (Å²) in [6.07, 6.45) is 4.36. The van der Waals surface area contributed by atoms with Crippen LogP contribution in [0.25, 0.3) is 0 Å². The fraction of sp³-hybridized carbons (Fsp3) is 0.632. The molecule has 2 saturated heterocycles. The topological polar surface area (TPSA) is 44.4 Å². The number of nitrogens with zero attached hydrogens (tertiary/aromatic N) is 1. The number of amides is 1. The van der Waals surface area contributed by atoms with Gasteiger partial charge in [0.2, 0.25) is 5.91 Å². The molecule has 138 valence electrons. The molecule has 2 aliphatic heterocycles. The lowest BCUT2D eigenvalue weighted by Crippen LogP contribution is -2.45. The summed E-state index contributed by atoms with van der Waals surface area (Å²) >= 11 is 12.4. The first-order valence-corrected chi connectivity index (χ1v) is 10.0. The van der Waals surface area contributed by atoms with Gasteiger partial charge in [0.15, 0.2) is 0 Å². The largest absolute Gasteiger partial charge is 0.354 e. The molecule has 1 aromatic rings. The molecule has 3 atom stereocenters. The Labute approximate surface area is 160 Å². The number of nitrogens with one attached hydrogen (secondary N) is 2. The SMILES string of the molecule is CC(c1ccc(Cl)cc1Cl)N1CCCC(CNC(=O)C2CCCN2)C1. The number of hydrogen-bond acceptors (Lipinski definition) is 3. The highest BCUT2D eigenvalue weighted by Gasteiger charge is 2.27. The maximum absolute atomic E-state index is 12.2. The summed E-state index contributed by atoms with van der Waals surface area (Å²) < 4.78 is 0. The third-order valence-electron chi connectivity index (χ3n) is 5.45. The van der Waals surface area contributed by atoms with E-state index in [0.717, 1.165) is 62.4 Å². The number of carbonyl (C=O) groups is 1. The molecule has 0 spiro atoms. The number of rotatable bonds is 5. The Bertz CT molecular complexity index is 604. The summed E-state index contributed by atoms with van der Waals surface area (Å²) in [5.41, 5.74) is 1.12. The molecule has 0 radical (unpaired) electrons. The number of carbonyl (C=O) groups excluding carboxylic acids is 1. The highest BCUT2D eigenvalue weighted by molar-refractivity contribution is 6.35. The first-order valence-electron chi connectivity index (χ1n) is 9.24. The van der Waals surface area contributed by atoms with Crippen molar-refractivity contribution >= 4 is 29.1 Å². The molecular weight excluding hydrogens is 357 g/mol. The van der Waals surface area contributed by atoms with E-state index in [2.05, 4.69) is 22.5 Å². The van der Waals surface area contributed by atoms with Crippen LogP contribution in [0.1, 0.15) is 44.2 Å². The van der Waals surface area contributed by atoms with Crippen LogP contribution in [0.5, 0.6) is 0 Å². The van der Waals surface area contributed by atoms with Crippen LogP contribution in [0.15, 0.2) is 18.2 Å². The molecule has 0 aliphatic carbocycles. The molecule has 2 aliphatic rings. The van der Waals surface area contributed by atoms with Gasteiger partial charge in [-0.2, -0.15) is 0 Å². The lowest BCUT2D eigenvalue weighted by Gasteiger charge is -2.37. The van der Waals surface area contributed by atoms with Gasteiger partial charge in [-0.25, -0.2) is 0 Å². The molecule has 1 aromatic carbocycles. The fourth-order valence-electron chi connectivity index (χ4n) is 3.93. The van der Waals surface area contributed by atoms with Crippen molar-refractivity contribution in [1.29, 1.82) is 0 Å². The van der Waals surface area contributed by atoms with Crippen molar-refractivity contribution in [3.05, 3.63) is 33.8 Å². The van der Waals surface area contributed by atoms with Crippen LogP contribution in [-0.4, -0.2) is 43.0 Å². The van der Waals surface area contributed by atoms with E-state index in [9.17, 15) is 4.79 Å². The first kappa shape index (κ1) is 19.0. The second-order valence-corrected chi connectivity index (χ2v) is 8.08. The van der Waals surface area contributed by atoms with Crippen LogP contribution >= 0.6 is 23.2 Å². The van der Waals surface area contributed by atoms with Crippen molar-refractivity contribution in [3.8, 4) is 0 Å². The van der Waals surface area contributed by atoms with Crippen molar-refractivity contribution in [3.63, 3.8) is 0 Å². The predicted molar refractivity (Wildman–Crippen MR) is 103 cm³/mol. The van der Waals surface area contributed by atoms with Gasteiger partial charge < -0.3 is 10.6 Å². The molecule has 2 heterocycles. The van der Waals surface area contributed by atoms with Gasteiger partial charge in [-0.1, -0.05) is 29.3 Å². The summed E-state index contributed by atoms with van der Waals surface area (Å²) in [6, 6.07) is 5.99. The van der Waals surface area contributed by atoms with E-state index < -0.39 is 0 Å². The molecule has 6 heteroatoms. The Kier molecular flexibility index (Phi) is 6.61. The van der Waals surface area contributed by atoms with Gasteiger partial charge in [-0.05, 0) is 69.3 Å². The second-order valence-electron chi connectivity index (χ2n) is 7.24. The smallest absolute Gasteiger partial charge is 0.237 e. The quantitative estimate of drug-likeness (QED) is 0.815. The first-order chi connectivity index (χ1) is 12.0. The molecule has 3 rings (SSSR count). The van der Waals surface area contributed by atoms with Crippen molar-refractivity contribution in [2.45, 2.75) is 44.7 Å². The minimum absolute atomic E-state index is 0.00601. The van der Waals surface area contributed by atoms with Crippen LogP contribution in [0.4, 0.5) is 0 Å². The van der Waals surface area contributed by atoms with E-state index in [1.165, 1.54) is 0 Å². The van der Waals surface area contributed by atoms with Gasteiger partial charge in [0, 0.05) is 29.2 Å². The maximum Gasteiger partial charge on any atom is 0.237 e. The Morgan fingerprint density at radius 2 is 2.20 bits per heavy atom. The Hall–Kier alpha value is -0.810. The fourth-order valence-corrected chi connectivity index (χ4v) is 4.50. The molecule has 2 N–H and O–H groups in total. The van der Waals surface area contributed by atoms with Gasteiger partial charge >= 0.3 is 0 Å². The maximum atomic E-state index is 12.2. The molecule has 25 heavy (non-hydrogen) atoms. The monoisotopic (exact) mass is 383 g/mol. The summed E-state index contributed by atoms with van der Waals surface area (Å²) in [5, 5.41) is 7.79. The Balaban J connectivity index is 1.54. The zero-order valence-electron chi connectivity index (χ0n) is 14.7. The van der Waals surface area contributed by atoms with E-state index in [0.29, 0.717) is 10.9 Å². The lowest BCUT2D eigenvalue weighted by molar-refractivity contribution is -0.123. The number of piperidine rings is 1. The van der Waals surface area contributed by atoms with E-state index in [4.69, 9.17) is 23.2 Å². The van der Waals surface area contributed by atoms with E-state index >= 15 is 0 Å². The Morgan fingerprint density at radius 1 is 1.36 bits per heavy atom. The molecule has 4 nitrogen and oxygen atoms in total. The molecule has 2 fully saturated rings. The second kappa shape index (κ2) is 8.72. The number of hydrogen-bond donors (Lipinski definition) is 2. The van der Waals surface area contributed by atoms with Crippen LogP contribution in [-0.2, 0) is 4.79 Å². The molecule has 1 amide bonds. The predicted octanol–water partition coefficient (Wildman–Crippen LogP) is 3.63. The van der Waals surface area contributed by atoms with Crippen LogP contribution in [0, 0.1) is 5.92 Å². The third kappa shape index (κ3) is 4.88. The molecule has 0 bridgehead atoms. The normalized spacial score (nSPS) is 25.7. The van der Waals surface area contributed by atoms with Crippen molar-refractivity contribution in [2.75, 3.05) is 26.2 Å². The highest BCUT2D eigenvalue weighted by atomic mass is 35.5. The van der Waals surface area contributed by atoms with Crippen molar-refractivity contribution in [2.24, 2.45) is 5.92 Å². The standard InChI is InChI=1S/C19H27Cl2N3O/c1-13(16-7-6-15(20)10-17(16)21)24-9-3-4-14(12-24)11-23-19(25)18-5-2-8-22-18/h6-7,10,13-14,18,22H,2-5,8-9,11-12H2,1H3,(H,23,25). The van der Waals surface area contributed by atoms with E-state index in [1.807, 2.05) is 18.2 Å². The van der Waals surface area contributed by atoms with Gasteiger partial charge in [0.1, 0.15) is 0 Å². The Morgan fingerprint density at radius 3 is 2.92 bits per heavy atom. The minimum Gasteiger partial charge on any atom is -0.354 e. The summed E-state index contributed by atoms with van der Waals surface area (Å²) in [4.78, 5) is 14.6. The summed E-state index contributed by atoms with van der Waals surface area (Å²) in [7, 11) is 0. The van der Waals surface area contributed by atoms with Crippen LogP contribution in [0.3, 0.4) is 0 Å². The molecule has 0 aromatic heterocycles. The zero-order chi connectivity index (χ0) is 17.8. The summed E-state index contributed by atoms with van der Waals surface area (Å²) in [6.45, 7) is 5.95. The average molecular weight is 384 g/mol. The molecule has 0 saturated carbocycles. The van der Waals surface area contributed by atoms with Gasteiger partial charge in [-0.15, -0.1) is 0 Å². The van der Waals surface area contributed by atoms with Gasteiger partial charge in [0.05, 0.1) is 6.04 Å². The molecule has 3 unspecified atom stereocenters. The van der Waals surface area contributed by atoms with Crippen LogP contribution < -0.4 is 10.6 Å². The third-order valence-corrected chi connectivity index (χ3v) is 6.01. The van der Waals surface area contributed by atoms with E-state index in [-0.39, 0.29) is 18.0 Å². The zero-order valence-corrected chi connectivity index (χ0v) is 16.2. The minimum atomic E-state index is 0.00601. The van der Waals surface area contributed by atoms with Crippen molar-refractivity contribution in [1.82, 2.24) is 15.5 Å². The average Bonchev–Trinajstić information content (AvgIpc) is 3.14. The van der Waals surface area contributed by atoms with Crippen LogP contribution in [0.2, 0.25) is 10.0 Å². The van der Waals surface area contributed by atoms with E-state index in [1.54, 1.807) is 0 Å². The van der Waals surface area contributed by atoms with Gasteiger partial charge in [0.25, 0.3) is 0 Å². The number of likely N-dealkylation sites (tertiary alicyclic amines) is 1. The molecular formula is C19H27Cl2N3O. The highest BCUT2D eigenvalue weighted by Crippen LogP contribution is 2.32. The van der Waals surface area contributed by atoms with Gasteiger partial charge in [-0.3, -0.25) is 9.69 Å². The number of halogens is 2. The lowest BCUT2D eigenvalue weighted by atomic mass is 9.95.